The fourth-order valence-corrected chi connectivity index (χ4v) is 3.25. The molecule has 0 radical (unpaired) electrons. The Balaban J connectivity index is 1.58. The Morgan fingerprint density at radius 3 is 2.84 bits per heavy atom. The molecule has 0 aromatic heterocycles. The maximum absolute atomic E-state index is 11.9. The zero-order valence-electron chi connectivity index (χ0n) is 12.3. The van der Waals surface area contributed by atoms with Gasteiger partial charge in [0.05, 0.1) is 6.54 Å². The van der Waals surface area contributed by atoms with Gasteiger partial charge in [0.1, 0.15) is 0 Å². The van der Waals surface area contributed by atoms with Crippen LogP contribution >= 0.6 is 0 Å². The fraction of sp³-hybridized carbons (Fsp3) is 0.933. The van der Waals surface area contributed by atoms with Gasteiger partial charge in [-0.1, -0.05) is 32.1 Å². The van der Waals surface area contributed by atoms with E-state index in [1.807, 2.05) is 0 Å². The minimum atomic E-state index is 0.199. The molecule has 1 aliphatic carbocycles. The Labute approximate surface area is 117 Å². The van der Waals surface area contributed by atoms with E-state index in [0.717, 1.165) is 32.1 Å². The molecule has 1 aliphatic heterocycles. The van der Waals surface area contributed by atoms with Crippen molar-refractivity contribution in [3.63, 3.8) is 0 Å². The summed E-state index contributed by atoms with van der Waals surface area (Å²) in [4.78, 5) is 14.2. The second kappa shape index (κ2) is 7.85. The number of nitrogens with zero attached hydrogens (tertiary/aromatic N) is 1. The van der Waals surface area contributed by atoms with Gasteiger partial charge < -0.3 is 10.6 Å². The SMILES string of the molecule is C[C@H]1CNCCN1CC(=O)NCCC1CCCCC1. The normalized spacial score (nSPS) is 26.3. The lowest BCUT2D eigenvalue weighted by Gasteiger charge is -2.33. The summed E-state index contributed by atoms with van der Waals surface area (Å²) >= 11 is 0. The third-order valence-corrected chi connectivity index (χ3v) is 4.59. The van der Waals surface area contributed by atoms with E-state index in [-0.39, 0.29) is 5.91 Å². The summed E-state index contributed by atoms with van der Waals surface area (Å²) in [5, 5.41) is 6.45. The van der Waals surface area contributed by atoms with Crippen LogP contribution in [0, 0.1) is 5.92 Å². The van der Waals surface area contributed by atoms with Crippen LogP contribution in [-0.4, -0.2) is 49.6 Å². The summed E-state index contributed by atoms with van der Waals surface area (Å²) < 4.78 is 0. The first-order chi connectivity index (χ1) is 9.25. The van der Waals surface area contributed by atoms with E-state index in [1.165, 1.54) is 38.5 Å². The molecule has 1 atom stereocenters. The van der Waals surface area contributed by atoms with Crippen LogP contribution in [0.2, 0.25) is 0 Å². The van der Waals surface area contributed by atoms with Gasteiger partial charge in [0, 0.05) is 32.2 Å². The predicted molar refractivity (Wildman–Crippen MR) is 78.1 cm³/mol. The average Bonchev–Trinajstić information content (AvgIpc) is 2.43. The fourth-order valence-electron chi connectivity index (χ4n) is 3.25. The Hall–Kier alpha value is -0.610. The molecule has 4 heteroatoms. The first-order valence-electron chi connectivity index (χ1n) is 7.97. The number of rotatable bonds is 5. The maximum atomic E-state index is 11.9. The molecule has 4 nitrogen and oxygen atoms in total. The molecule has 0 bridgehead atoms. The van der Waals surface area contributed by atoms with E-state index in [0.29, 0.717) is 12.6 Å². The molecule has 1 amide bonds. The van der Waals surface area contributed by atoms with Crippen LogP contribution < -0.4 is 10.6 Å². The highest BCUT2D eigenvalue weighted by Gasteiger charge is 2.20. The van der Waals surface area contributed by atoms with Crippen molar-refractivity contribution in [1.82, 2.24) is 15.5 Å². The first-order valence-corrected chi connectivity index (χ1v) is 7.97. The van der Waals surface area contributed by atoms with Crippen LogP contribution in [0.25, 0.3) is 0 Å². The zero-order valence-corrected chi connectivity index (χ0v) is 12.3. The molecule has 2 N–H and O–H groups in total. The largest absolute Gasteiger partial charge is 0.355 e. The lowest BCUT2D eigenvalue weighted by Crippen LogP contribution is -2.52. The van der Waals surface area contributed by atoms with E-state index in [4.69, 9.17) is 0 Å². The van der Waals surface area contributed by atoms with Crippen LogP contribution in [-0.2, 0) is 4.79 Å². The predicted octanol–water partition coefficient (Wildman–Crippen LogP) is 1.37. The quantitative estimate of drug-likeness (QED) is 0.791. The number of nitrogens with one attached hydrogen (secondary N) is 2. The van der Waals surface area contributed by atoms with Crippen LogP contribution in [0.1, 0.15) is 45.4 Å². The summed E-state index contributed by atoms with van der Waals surface area (Å²) in [5.74, 6) is 1.05. The molecule has 0 aromatic carbocycles. The Morgan fingerprint density at radius 1 is 1.32 bits per heavy atom. The maximum Gasteiger partial charge on any atom is 0.234 e. The number of carbonyl (C=O) groups excluding carboxylic acids is 1. The highest BCUT2D eigenvalue weighted by Crippen LogP contribution is 2.25. The summed E-state index contributed by atoms with van der Waals surface area (Å²) in [7, 11) is 0. The standard InChI is InChI=1S/C15H29N3O/c1-13-11-16-9-10-18(13)12-15(19)17-8-7-14-5-3-2-4-6-14/h13-14,16H,2-12H2,1H3,(H,17,19)/t13-/m0/s1. The molecule has 2 rings (SSSR count). The van der Waals surface area contributed by atoms with Gasteiger partial charge in [0.25, 0.3) is 0 Å². The number of hydrogen-bond acceptors (Lipinski definition) is 3. The molecule has 2 aliphatic rings. The van der Waals surface area contributed by atoms with Gasteiger partial charge in [-0.2, -0.15) is 0 Å². The van der Waals surface area contributed by atoms with E-state index in [9.17, 15) is 4.79 Å². The minimum absolute atomic E-state index is 0.199. The monoisotopic (exact) mass is 267 g/mol. The first kappa shape index (κ1) is 14.8. The van der Waals surface area contributed by atoms with E-state index in [2.05, 4.69) is 22.5 Å². The molecule has 0 aromatic rings. The van der Waals surface area contributed by atoms with Crippen LogP contribution in [0.5, 0.6) is 0 Å². The lowest BCUT2D eigenvalue weighted by molar-refractivity contribution is -0.123. The lowest BCUT2D eigenvalue weighted by atomic mass is 9.87. The highest BCUT2D eigenvalue weighted by molar-refractivity contribution is 5.78. The molecule has 19 heavy (non-hydrogen) atoms. The summed E-state index contributed by atoms with van der Waals surface area (Å²) in [5.41, 5.74) is 0. The average molecular weight is 267 g/mol. The van der Waals surface area contributed by atoms with Crippen molar-refractivity contribution in [2.45, 2.75) is 51.5 Å². The number of hydrogen-bond donors (Lipinski definition) is 2. The number of piperazine rings is 1. The number of amides is 1. The third-order valence-electron chi connectivity index (χ3n) is 4.59. The summed E-state index contributed by atoms with van der Waals surface area (Å²) in [6.45, 7) is 6.59. The Morgan fingerprint density at radius 2 is 2.11 bits per heavy atom. The second-order valence-corrected chi connectivity index (χ2v) is 6.17. The topological polar surface area (TPSA) is 44.4 Å². The Bertz CT molecular complexity index is 277. The van der Waals surface area contributed by atoms with Gasteiger partial charge in [0.2, 0.25) is 5.91 Å². The van der Waals surface area contributed by atoms with Gasteiger partial charge in [-0.15, -0.1) is 0 Å². The van der Waals surface area contributed by atoms with Crippen molar-refractivity contribution in [2.24, 2.45) is 5.92 Å². The van der Waals surface area contributed by atoms with E-state index < -0.39 is 0 Å². The van der Waals surface area contributed by atoms with Crippen LogP contribution in [0.15, 0.2) is 0 Å². The molecule has 0 spiro atoms. The minimum Gasteiger partial charge on any atom is -0.355 e. The molecule has 1 heterocycles. The van der Waals surface area contributed by atoms with E-state index >= 15 is 0 Å². The van der Waals surface area contributed by atoms with Crippen LogP contribution in [0.3, 0.4) is 0 Å². The third kappa shape index (κ3) is 5.11. The summed E-state index contributed by atoms with van der Waals surface area (Å²) in [6.07, 6.45) is 8.08. The van der Waals surface area contributed by atoms with Crippen molar-refractivity contribution >= 4 is 5.91 Å². The number of carbonyl (C=O) groups is 1. The molecule has 110 valence electrons. The molecule has 1 saturated carbocycles. The van der Waals surface area contributed by atoms with E-state index in [1.54, 1.807) is 0 Å². The van der Waals surface area contributed by atoms with Crippen molar-refractivity contribution in [1.29, 1.82) is 0 Å². The molecule has 0 unspecified atom stereocenters. The second-order valence-electron chi connectivity index (χ2n) is 6.17. The highest BCUT2D eigenvalue weighted by atomic mass is 16.2. The van der Waals surface area contributed by atoms with Gasteiger partial charge in [-0.05, 0) is 19.3 Å². The van der Waals surface area contributed by atoms with Crippen molar-refractivity contribution in [3.8, 4) is 0 Å². The smallest absolute Gasteiger partial charge is 0.234 e. The van der Waals surface area contributed by atoms with Gasteiger partial charge in [-0.25, -0.2) is 0 Å². The summed E-state index contributed by atoms with van der Waals surface area (Å²) in [6, 6.07) is 0.470. The van der Waals surface area contributed by atoms with Gasteiger partial charge >= 0.3 is 0 Å². The molecule has 1 saturated heterocycles. The van der Waals surface area contributed by atoms with Crippen molar-refractivity contribution < 1.29 is 4.79 Å². The molecule has 2 fully saturated rings. The molecular formula is C15H29N3O. The molecular weight excluding hydrogens is 238 g/mol. The van der Waals surface area contributed by atoms with Gasteiger partial charge in [0.15, 0.2) is 0 Å². The van der Waals surface area contributed by atoms with Crippen molar-refractivity contribution in [2.75, 3.05) is 32.7 Å². The Kier molecular flexibility index (Phi) is 6.11. The zero-order chi connectivity index (χ0) is 13.5. The van der Waals surface area contributed by atoms with Crippen molar-refractivity contribution in [3.05, 3.63) is 0 Å². The van der Waals surface area contributed by atoms with Crippen LogP contribution in [0.4, 0.5) is 0 Å². The van der Waals surface area contributed by atoms with Gasteiger partial charge in [-0.3, -0.25) is 9.69 Å².